The van der Waals surface area contributed by atoms with Crippen LogP contribution in [0.5, 0.6) is 0 Å². The van der Waals surface area contributed by atoms with E-state index in [1.165, 1.54) is 145 Å². The summed E-state index contributed by atoms with van der Waals surface area (Å²) in [6, 6.07) is 52.7. The van der Waals surface area contributed by atoms with Crippen LogP contribution >= 0.6 is 0 Å². The van der Waals surface area contributed by atoms with Crippen LogP contribution in [0.3, 0.4) is 0 Å². The summed E-state index contributed by atoms with van der Waals surface area (Å²) < 4.78 is 0. The Hall–Kier alpha value is -5.78. The lowest BCUT2D eigenvalue weighted by atomic mass is 9.33. The minimum atomic E-state index is -1.64. The fourth-order valence-electron chi connectivity index (χ4n) is 16.5. The number of benzene rings is 7. The van der Waals surface area contributed by atoms with Gasteiger partial charge in [0.2, 0.25) is 0 Å². The van der Waals surface area contributed by atoms with Crippen LogP contribution in [0, 0.1) is 0 Å². The van der Waals surface area contributed by atoms with Crippen molar-refractivity contribution in [1.29, 1.82) is 0 Å². The highest BCUT2D eigenvalue weighted by atomic mass is 28.3. The Morgan fingerprint density at radius 1 is 0.415 bits per heavy atom. The van der Waals surface area contributed by atoms with Gasteiger partial charge in [0.05, 0.1) is 19.3 Å². The van der Waals surface area contributed by atoms with Crippen LogP contribution in [0.25, 0.3) is 11.1 Å². The smallest absolute Gasteiger partial charge is 0.252 e. The van der Waals surface area contributed by atoms with Crippen molar-refractivity contribution in [3.63, 3.8) is 0 Å². The topological polar surface area (TPSA) is 9.72 Å². The van der Waals surface area contributed by atoms with Gasteiger partial charge < -0.3 is 14.7 Å². The van der Waals surface area contributed by atoms with Crippen LogP contribution in [-0.4, -0.2) is 20.3 Å². The van der Waals surface area contributed by atoms with E-state index in [0.29, 0.717) is 0 Å². The minimum Gasteiger partial charge on any atom is -0.334 e. The van der Waals surface area contributed by atoms with Crippen molar-refractivity contribution in [2.24, 2.45) is 0 Å². The molecule has 3 aliphatic carbocycles. The first-order chi connectivity index (χ1) is 38.3. The quantitative estimate of drug-likeness (QED) is 0.159. The van der Waals surface area contributed by atoms with Gasteiger partial charge in [0.15, 0.2) is 0 Å². The number of hydrogen-bond donors (Lipinski definition) is 0. The summed E-state index contributed by atoms with van der Waals surface area (Å²) in [5.41, 5.74) is 27.3. The van der Waals surface area contributed by atoms with Gasteiger partial charge in [0, 0.05) is 50.8 Å². The molecule has 0 N–H and O–H groups in total. The molecule has 3 aliphatic heterocycles. The maximum atomic E-state index is 2.89. The van der Waals surface area contributed by atoms with Crippen LogP contribution in [0.1, 0.15) is 201 Å². The van der Waals surface area contributed by atoms with Crippen molar-refractivity contribution < 1.29 is 0 Å². The van der Waals surface area contributed by atoms with Gasteiger partial charge in [-0.3, -0.25) is 0 Å². The second kappa shape index (κ2) is 17.9. The molecule has 0 radical (unpaired) electrons. The molecule has 6 aliphatic rings. The van der Waals surface area contributed by atoms with E-state index in [1.54, 1.807) is 10.8 Å². The Balaban J connectivity index is 1.21. The van der Waals surface area contributed by atoms with Gasteiger partial charge >= 0.3 is 0 Å². The van der Waals surface area contributed by atoms with Crippen LogP contribution < -0.4 is 36.3 Å². The van der Waals surface area contributed by atoms with E-state index >= 15 is 0 Å². The molecule has 0 amide bonds. The van der Waals surface area contributed by atoms with Gasteiger partial charge in [-0.15, -0.1) is 0 Å². The van der Waals surface area contributed by atoms with E-state index in [4.69, 9.17) is 0 Å². The SMILES string of the molecule is CC(C)(C)c1ccc2c(c1)B1c3cc4c(cc3N(c3ccc5c(c3)C(C)(C)CCC5(C)C)c3cc(N5c6ccc([Si](C)(C)C)cc6C6(C)CCCCC56C)cc(c31)N2c1ccc(C(C)(C)C)cc1-c1ccccc1)C(C)(C)CCC4(C)C. The Labute approximate surface area is 496 Å². The lowest BCUT2D eigenvalue weighted by molar-refractivity contribution is 0.195. The number of anilines is 8. The molecule has 5 heteroatoms. The molecule has 7 aromatic rings. The number of fused-ring (bicyclic) bond motifs is 9. The summed E-state index contributed by atoms with van der Waals surface area (Å²) in [5.74, 6) is 0. The van der Waals surface area contributed by atoms with Crippen LogP contribution in [-0.2, 0) is 37.9 Å². The molecule has 424 valence electrons. The van der Waals surface area contributed by atoms with Gasteiger partial charge in [-0.25, -0.2) is 0 Å². The molecule has 3 heterocycles. The first-order valence-corrected chi connectivity index (χ1v) is 35.2. The van der Waals surface area contributed by atoms with Gasteiger partial charge in [-0.05, 0) is 193 Å². The van der Waals surface area contributed by atoms with Crippen molar-refractivity contribution in [2.75, 3.05) is 14.7 Å². The van der Waals surface area contributed by atoms with E-state index < -0.39 is 8.07 Å². The molecule has 7 aromatic carbocycles. The maximum absolute atomic E-state index is 2.89. The van der Waals surface area contributed by atoms with Crippen molar-refractivity contribution in [3.05, 3.63) is 166 Å². The standard InChI is InChI=1S/C77H94BN3Si/c1-70(2,3)50-27-32-63(55(41-50)49-25-21-20-22-26-49)80-65-33-28-51(71(4,5)6)42-61(65)78-62-47-58-59(75(13,14)40-39-74(58,11)12)48-66(62)79(52-29-31-56-57(43-52)73(9,10)38-37-72(56,7)8)67-44-53(45-68(80)69(67)78)81-64-34-30-54(82(17,18)19)46-60(64)76(15)35-23-24-36-77(76,81)16/h20-22,25-34,41-48H,23-24,35-40H2,1-19H3. The van der Waals surface area contributed by atoms with Crippen molar-refractivity contribution >= 4 is 81.9 Å². The third-order valence-corrected chi connectivity index (χ3v) is 24.4. The second-order valence-corrected chi connectivity index (χ2v) is 37.8. The Morgan fingerprint density at radius 2 is 0.951 bits per heavy atom. The molecular weight excluding hydrogens is 1010 g/mol. The monoisotopic (exact) mass is 1100 g/mol. The molecule has 0 spiro atoms. The predicted molar refractivity (Wildman–Crippen MR) is 360 cm³/mol. The highest BCUT2D eigenvalue weighted by Gasteiger charge is 2.59. The van der Waals surface area contributed by atoms with Gasteiger partial charge in [-0.2, -0.15) is 0 Å². The summed E-state index contributed by atoms with van der Waals surface area (Å²) in [6.45, 7) is 47.2. The summed E-state index contributed by atoms with van der Waals surface area (Å²) in [6.07, 6.45) is 9.51. The summed E-state index contributed by atoms with van der Waals surface area (Å²) in [7, 11) is -1.64. The first-order valence-electron chi connectivity index (χ1n) is 31.7. The molecular formula is C77H94BN3Si. The van der Waals surface area contributed by atoms with Crippen molar-refractivity contribution in [3.8, 4) is 11.1 Å². The average Bonchev–Trinajstić information content (AvgIpc) is 1.79. The molecule has 13 rings (SSSR count). The number of rotatable bonds is 5. The summed E-state index contributed by atoms with van der Waals surface area (Å²) in [4.78, 5) is 8.44. The van der Waals surface area contributed by atoms with Gasteiger partial charge in [0.25, 0.3) is 6.71 Å². The van der Waals surface area contributed by atoms with Crippen LogP contribution in [0.2, 0.25) is 19.6 Å². The molecule has 0 aromatic heterocycles. The second-order valence-electron chi connectivity index (χ2n) is 32.7. The van der Waals surface area contributed by atoms with Crippen molar-refractivity contribution in [2.45, 2.75) is 225 Å². The third kappa shape index (κ3) is 8.21. The highest BCUT2D eigenvalue weighted by Crippen LogP contribution is 2.62. The number of nitrogens with zero attached hydrogens (tertiary/aromatic N) is 3. The predicted octanol–water partition coefficient (Wildman–Crippen LogP) is 19.0. The number of hydrogen-bond acceptors (Lipinski definition) is 3. The van der Waals surface area contributed by atoms with E-state index in [-0.39, 0.29) is 50.2 Å². The molecule has 0 bridgehead atoms. The zero-order chi connectivity index (χ0) is 58.4. The summed E-state index contributed by atoms with van der Waals surface area (Å²) in [5, 5.41) is 1.56. The zero-order valence-corrected chi connectivity index (χ0v) is 54.7. The lowest BCUT2D eigenvalue weighted by Crippen LogP contribution is -2.62. The van der Waals surface area contributed by atoms with E-state index in [9.17, 15) is 0 Å². The first kappa shape index (κ1) is 55.4. The molecule has 82 heavy (non-hydrogen) atoms. The Morgan fingerprint density at radius 3 is 1.57 bits per heavy atom. The van der Waals surface area contributed by atoms with Gasteiger partial charge in [-0.1, -0.05) is 214 Å². The van der Waals surface area contributed by atoms with Crippen LogP contribution in [0.4, 0.5) is 45.5 Å². The molecule has 2 unspecified atom stereocenters. The minimum absolute atomic E-state index is 0.0164. The molecule has 0 saturated heterocycles. The normalized spacial score (nSPS) is 22.6. The fraction of sp³-hybridized carbons (Fsp3) is 0.455. The molecule has 3 nitrogen and oxygen atoms in total. The summed E-state index contributed by atoms with van der Waals surface area (Å²) >= 11 is 0. The highest BCUT2D eigenvalue weighted by molar-refractivity contribution is 7.00. The average molecular weight is 1100 g/mol. The molecule has 1 saturated carbocycles. The van der Waals surface area contributed by atoms with Crippen LogP contribution in [0.15, 0.2) is 127 Å². The zero-order valence-electron chi connectivity index (χ0n) is 53.7. The van der Waals surface area contributed by atoms with E-state index in [1.807, 2.05) is 0 Å². The molecule has 1 fully saturated rings. The van der Waals surface area contributed by atoms with Gasteiger partial charge in [0.1, 0.15) is 0 Å². The van der Waals surface area contributed by atoms with Crippen molar-refractivity contribution in [1.82, 2.24) is 0 Å². The largest absolute Gasteiger partial charge is 0.334 e. The molecule has 2 atom stereocenters. The Bertz CT molecular complexity index is 3780. The third-order valence-electron chi connectivity index (χ3n) is 22.4. The fourth-order valence-corrected chi connectivity index (χ4v) is 17.7. The van der Waals surface area contributed by atoms with E-state index in [0.717, 1.165) is 12.8 Å². The lowest BCUT2D eigenvalue weighted by Gasteiger charge is -2.51. The maximum Gasteiger partial charge on any atom is 0.252 e. The Kier molecular flexibility index (Phi) is 12.1. The van der Waals surface area contributed by atoms with E-state index in [2.05, 4.69) is 273 Å².